The van der Waals surface area contributed by atoms with Crippen molar-refractivity contribution in [2.24, 2.45) is 0 Å². The zero-order valence-electron chi connectivity index (χ0n) is 11.1. The summed E-state index contributed by atoms with van der Waals surface area (Å²) >= 11 is 12.5. The number of benzene rings is 1. The molecule has 1 aliphatic heterocycles. The summed E-state index contributed by atoms with van der Waals surface area (Å²) in [5, 5.41) is 5.15. The van der Waals surface area contributed by atoms with Gasteiger partial charge in [0.1, 0.15) is 0 Å². The van der Waals surface area contributed by atoms with E-state index in [9.17, 15) is 0 Å². The van der Waals surface area contributed by atoms with Gasteiger partial charge in [0.2, 0.25) is 0 Å². The molecule has 4 heteroatoms. The van der Waals surface area contributed by atoms with Gasteiger partial charge in [-0.3, -0.25) is 0 Å². The van der Waals surface area contributed by atoms with Gasteiger partial charge in [0, 0.05) is 30.2 Å². The lowest BCUT2D eigenvalue weighted by Gasteiger charge is -2.22. The van der Waals surface area contributed by atoms with E-state index in [0.717, 1.165) is 40.8 Å². The predicted octanol–water partition coefficient (Wildman–Crippen LogP) is 3.88. The third kappa shape index (κ3) is 3.11. The molecule has 2 nitrogen and oxygen atoms in total. The van der Waals surface area contributed by atoms with Gasteiger partial charge in [0.05, 0.1) is 10.7 Å². The third-order valence-corrected chi connectivity index (χ3v) is 4.04. The average molecular weight is 287 g/mol. The zero-order chi connectivity index (χ0) is 13.3. The SMILES string of the molecule is Cc1cc(Cl)c(N2CCC(NC(C)C)C2)cc1Cl. The highest BCUT2D eigenvalue weighted by Gasteiger charge is 2.24. The smallest absolute Gasteiger partial charge is 0.0643 e. The van der Waals surface area contributed by atoms with Gasteiger partial charge in [-0.1, -0.05) is 37.0 Å². The van der Waals surface area contributed by atoms with Crippen LogP contribution in [0.1, 0.15) is 25.8 Å². The van der Waals surface area contributed by atoms with Crippen LogP contribution in [0.4, 0.5) is 5.69 Å². The topological polar surface area (TPSA) is 15.3 Å². The molecule has 0 saturated carbocycles. The highest BCUT2D eigenvalue weighted by atomic mass is 35.5. The quantitative estimate of drug-likeness (QED) is 0.907. The minimum Gasteiger partial charge on any atom is -0.369 e. The van der Waals surface area contributed by atoms with Crippen molar-refractivity contribution in [3.63, 3.8) is 0 Å². The van der Waals surface area contributed by atoms with Crippen LogP contribution in [0.3, 0.4) is 0 Å². The van der Waals surface area contributed by atoms with E-state index in [1.54, 1.807) is 0 Å². The van der Waals surface area contributed by atoms with Gasteiger partial charge in [-0.15, -0.1) is 0 Å². The van der Waals surface area contributed by atoms with E-state index in [4.69, 9.17) is 23.2 Å². The lowest BCUT2D eigenvalue weighted by molar-refractivity contribution is 0.492. The first-order valence-electron chi connectivity index (χ1n) is 6.44. The Morgan fingerprint density at radius 3 is 2.67 bits per heavy atom. The van der Waals surface area contributed by atoms with Crippen molar-refractivity contribution in [1.29, 1.82) is 0 Å². The Morgan fingerprint density at radius 1 is 1.28 bits per heavy atom. The minimum atomic E-state index is 0.520. The number of hydrogen-bond acceptors (Lipinski definition) is 2. The molecule has 1 N–H and O–H groups in total. The normalized spacial score (nSPS) is 19.9. The number of aryl methyl sites for hydroxylation is 1. The molecule has 1 fully saturated rings. The van der Waals surface area contributed by atoms with Crippen molar-refractivity contribution in [3.8, 4) is 0 Å². The first-order valence-corrected chi connectivity index (χ1v) is 7.19. The second-order valence-corrected chi connectivity index (χ2v) is 6.12. The number of nitrogens with one attached hydrogen (secondary N) is 1. The molecular weight excluding hydrogens is 267 g/mol. The summed E-state index contributed by atoms with van der Waals surface area (Å²) in [6, 6.07) is 4.99. The van der Waals surface area contributed by atoms with E-state index < -0.39 is 0 Å². The highest BCUT2D eigenvalue weighted by molar-refractivity contribution is 6.35. The van der Waals surface area contributed by atoms with E-state index in [-0.39, 0.29) is 0 Å². The van der Waals surface area contributed by atoms with Crippen molar-refractivity contribution < 1.29 is 0 Å². The number of rotatable bonds is 3. The van der Waals surface area contributed by atoms with Gasteiger partial charge in [0.15, 0.2) is 0 Å². The monoisotopic (exact) mass is 286 g/mol. The summed E-state index contributed by atoms with van der Waals surface area (Å²) in [7, 11) is 0. The van der Waals surface area contributed by atoms with Crippen LogP contribution >= 0.6 is 23.2 Å². The molecule has 18 heavy (non-hydrogen) atoms. The fourth-order valence-corrected chi connectivity index (χ4v) is 2.96. The molecule has 1 aromatic carbocycles. The summed E-state index contributed by atoms with van der Waals surface area (Å²) in [5.74, 6) is 0. The van der Waals surface area contributed by atoms with Gasteiger partial charge in [0.25, 0.3) is 0 Å². The molecule has 1 saturated heterocycles. The van der Waals surface area contributed by atoms with E-state index in [2.05, 4.69) is 24.1 Å². The lowest BCUT2D eigenvalue weighted by atomic mass is 10.2. The largest absolute Gasteiger partial charge is 0.369 e. The summed E-state index contributed by atoms with van der Waals surface area (Å²) in [5.41, 5.74) is 2.08. The van der Waals surface area contributed by atoms with Crippen molar-refractivity contribution in [2.45, 2.75) is 39.3 Å². The second kappa shape index (κ2) is 5.68. The maximum absolute atomic E-state index is 6.31. The second-order valence-electron chi connectivity index (χ2n) is 5.31. The van der Waals surface area contributed by atoms with E-state index in [1.807, 2.05) is 19.1 Å². The van der Waals surface area contributed by atoms with E-state index in [1.165, 1.54) is 0 Å². The van der Waals surface area contributed by atoms with E-state index in [0.29, 0.717) is 12.1 Å². The molecule has 2 rings (SSSR count). The zero-order valence-corrected chi connectivity index (χ0v) is 12.6. The number of nitrogens with zero attached hydrogens (tertiary/aromatic N) is 1. The fourth-order valence-electron chi connectivity index (χ4n) is 2.46. The van der Waals surface area contributed by atoms with Crippen molar-refractivity contribution in [2.75, 3.05) is 18.0 Å². The molecule has 1 aromatic rings. The molecule has 0 bridgehead atoms. The van der Waals surface area contributed by atoms with Crippen LogP contribution in [0.5, 0.6) is 0 Å². The molecule has 0 spiro atoms. The van der Waals surface area contributed by atoms with Crippen LogP contribution in [0.15, 0.2) is 12.1 Å². The Kier molecular flexibility index (Phi) is 4.41. The lowest BCUT2D eigenvalue weighted by Crippen LogP contribution is -2.37. The first kappa shape index (κ1) is 14.0. The average Bonchev–Trinajstić information content (AvgIpc) is 2.70. The Labute approximate surface area is 119 Å². The standard InChI is InChI=1S/C14H20Cl2N2/c1-9(2)17-11-4-5-18(8-11)14-7-12(15)10(3)6-13(14)16/h6-7,9,11,17H,4-5,8H2,1-3H3. The van der Waals surface area contributed by atoms with Crippen LogP contribution in [0.2, 0.25) is 10.0 Å². The Hall–Kier alpha value is -0.440. The summed E-state index contributed by atoms with van der Waals surface area (Å²) < 4.78 is 0. The van der Waals surface area contributed by atoms with Gasteiger partial charge in [-0.25, -0.2) is 0 Å². The molecule has 1 aliphatic rings. The third-order valence-electron chi connectivity index (χ3n) is 3.33. The van der Waals surface area contributed by atoms with Gasteiger partial charge >= 0.3 is 0 Å². The van der Waals surface area contributed by atoms with Gasteiger partial charge in [-0.2, -0.15) is 0 Å². The van der Waals surface area contributed by atoms with Crippen molar-refractivity contribution >= 4 is 28.9 Å². The molecule has 0 radical (unpaired) electrons. The van der Waals surface area contributed by atoms with Crippen LogP contribution in [-0.2, 0) is 0 Å². The molecule has 1 unspecified atom stereocenters. The minimum absolute atomic E-state index is 0.520. The maximum Gasteiger partial charge on any atom is 0.0643 e. The molecule has 0 aromatic heterocycles. The van der Waals surface area contributed by atoms with Crippen molar-refractivity contribution in [1.82, 2.24) is 5.32 Å². The summed E-state index contributed by atoms with van der Waals surface area (Å²) in [6.45, 7) is 8.36. The number of hydrogen-bond donors (Lipinski definition) is 1. The Bertz CT molecular complexity index is 432. The fraction of sp³-hybridized carbons (Fsp3) is 0.571. The number of halogens is 2. The van der Waals surface area contributed by atoms with Crippen LogP contribution in [0, 0.1) is 6.92 Å². The molecule has 0 aliphatic carbocycles. The molecule has 0 amide bonds. The van der Waals surface area contributed by atoms with E-state index >= 15 is 0 Å². The predicted molar refractivity (Wildman–Crippen MR) is 80.1 cm³/mol. The van der Waals surface area contributed by atoms with Crippen LogP contribution < -0.4 is 10.2 Å². The number of anilines is 1. The summed E-state index contributed by atoms with van der Waals surface area (Å²) in [4.78, 5) is 2.31. The van der Waals surface area contributed by atoms with Crippen LogP contribution in [-0.4, -0.2) is 25.2 Å². The summed E-state index contributed by atoms with van der Waals surface area (Å²) in [6.07, 6.45) is 1.15. The maximum atomic E-state index is 6.31. The molecular formula is C14H20Cl2N2. The highest BCUT2D eigenvalue weighted by Crippen LogP contribution is 2.33. The Balaban J connectivity index is 2.12. The van der Waals surface area contributed by atoms with Gasteiger partial charge in [-0.05, 0) is 31.0 Å². The first-order chi connectivity index (χ1) is 8.47. The van der Waals surface area contributed by atoms with Gasteiger partial charge < -0.3 is 10.2 Å². The molecule has 100 valence electrons. The van der Waals surface area contributed by atoms with Crippen LogP contribution in [0.25, 0.3) is 0 Å². The molecule has 1 atom stereocenters. The molecule has 1 heterocycles. The Morgan fingerprint density at radius 2 is 2.00 bits per heavy atom. The van der Waals surface area contributed by atoms with Crippen molar-refractivity contribution in [3.05, 3.63) is 27.7 Å².